The molecule has 2 aromatic rings. The van der Waals surface area contributed by atoms with Crippen molar-refractivity contribution in [3.63, 3.8) is 0 Å². The number of rotatable bonds is 7. The second-order valence-electron chi connectivity index (χ2n) is 6.56. The summed E-state index contributed by atoms with van der Waals surface area (Å²) in [7, 11) is 1.79. The predicted molar refractivity (Wildman–Crippen MR) is 127 cm³/mol. The summed E-state index contributed by atoms with van der Waals surface area (Å²) >= 11 is 15.2. The number of amides is 1. The van der Waals surface area contributed by atoms with Crippen LogP contribution >= 0.6 is 39.7 Å². The highest BCUT2D eigenvalue weighted by atomic mass is 79.9. The van der Waals surface area contributed by atoms with Gasteiger partial charge in [0.2, 0.25) is 0 Å². The molecule has 1 aliphatic rings. The summed E-state index contributed by atoms with van der Waals surface area (Å²) in [4.78, 5) is 16.0. The van der Waals surface area contributed by atoms with E-state index in [4.69, 9.17) is 33.3 Å². The zero-order valence-electron chi connectivity index (χ0n) is 16.9. The molecule has 1 aliphatic heterocycles. The number of carbonyl (C=O) groups excluding carboxylic acids is 1. The molecule has 0 radical (unpaired) electrons. The first-order valence-corrected chi connectivity index (χ1v) is 11.1. The minimum Gasteiger partial charge on any atom is -0.490 e. The summed E-state index contributed by atoms with van der Waals surface area (Å²) in [5.41, 5.74) is 2.19. The van der Waals surface area contributed by atoms with Crippen LogP contribution in [-0.4, -0.2) is 41.0 Å². The van der Waals surface area contributed by atoms with Crippen LogP contribution in [0.2, 0.25) is 5.02 Å². The number of benzene rings is 2. The lowest BCUT2D eigenvalue weighted by Gasteiger charge is -2.16. The number of halogens is 2. The van der Waals surface area contributed by atoms with Gasteiger partial charge in [-0.05, 0) is 71.8 Å². The van der Waals surface area contributed by atoms with E-state index in [1.807, 2.05) is 50.2 Å². The molecular formula is C22H22BrClN2O3S. The maximum absolute atomic E-state index is 12.7. The molecule has 0 bridgehead atoms. The van der Waals surface area contributed by atoms with Gasteiger partial charge in [0.1, 0.15) is 12.3 Å². The van der Waals surface area contributed by atoms with Crippen LogP contribution in [0.5, 0.6) is 11.5 Å². The zero-order chi connectivity index (χ0) is 21.8. The maximum atomic E-state index is 12.7. The van der Waals surface area contributed by atoms with E-state index in [1.54, 1.807) is 22.9 Å². The van der Waals surface area contributed by atoms with Crippen molar-refractivity contribution in [3.8, 4) is 11.5 Å². The molecule has 1 fully saturated rings. The van der Waals surface area contributed by atoms with Gasteiger partial charge in [0.25, 0.3) is 5.91 Å². The van der Waals surface area contributed by atoms with Crippen molar-refractivity contribution < 1.29 is 14.3 Å². The largest absolute Gasteiger partial charge is 0.490 e. The Morgan fingerprint density at radius 3 is 2.57 bits per heavy atom. The highest BCUT2D eigenvalue weighted by molar-refractivity contribution is 9.10. The Hall–Kier alpha value is -2.09. The normalized spacial score (nSPS) is 15.3. The van der Waals surface area contributed by atoms with E-state index < -0.39 is 0 Å². The third-order valence-electron chi connectivity index (χ3n) is 4.62. The van der Waals surface area contributed by atoms with Crippen LogP contribution in [0, 0.1) is 0 Å². The predicted octanol–water partition coefficient (Wildman–Crippen LogP) is 5.50. The van der Waals surface area contributed by atoms with E-state index >= 15 is 0 Å². The number of hydrogen-bond donors (Lipinski definition) is 0. The first-order valence-electron chi connectivity index (χ1n) is 9.51. The summed E-state index contributed by atoms with van der Waals surface area (Å²) in [5, 5.41) is 1.14. The van der Waals surface area contributed by atoms with Crippen LogP contribution in [-0.2, 0) is 11.4 Å². The molecule has 0 saturated carbocycles. The van der Waals surface area contributed by atoms with Gasteiger partial charge >= 0.3 is 0 Å². The van der Waals surface area contributed by atoms with Crippen molar-refractivity contribution >= 4 is 56.8 Å². The lowest BCUT2D eigenvalue weighted by atomic mass is 10.1. The third kappa shape index (κ3) is 4.63. The minimum atomic E-state index is -0.113. The van der Waals surface area contributed by atoms with Gasteiger partial charge in [0, 0.05) is 24.2 Å². The SMILES string of the molecule is CCOc1cc(/C=C2/C(=O)N(CC)C(=S)N2C)cc(Br)c1OCc1ccccc1Cl. The second kappa shape index (κ2) is 9.81. The molecule has 0 atom stereocenters. The third-order valence-corrected chi connectivity index (χ3v) is 6.08. The molecule has 0 aromatic heterocycles. The number of nitrogens with zero attached hydrogens (tertiary/aromatic N) is 2. The van der Waals surface area contributed by atoms with Gasteiger partial charge < -0.3 is 14.4 Å². The van der Waals surface area contributed by atoms with E-state index in [0.29, 0.717) is 47.1 Å². The average molecular weight is 510 g/mol. The highest BCUT2D eigenvalue weighted by Gasteiger charge is 2.34. The first-order chi connectivity index (χ1) is 14.4. The number of thiocarbonyl (C=S) groups is 1. The molecule has 8 heteroatoms. The van der Waals surface area contributed by atoms with Crippen LogP contribution in [0.25, 0.3) is 6.08 Å². The van der Waals surface area contributed by atoms with Crippen molar-refractivity contribution in [2.75, 3.05) is 20.2 Å². The number of carbonyl (C=O) groups is 1. The number of likely N-dealkylation sites (N-methyl/N-ethyl adjacent to an activating group) is 2. The van der Waals surface area contributed by atoms with Gasteiger partial charge in [-0.15, -0.1) is 0 Å². The Morgan fingerprint density at radius 2 is 1.93 bits per heavy atom. The van der Waals surface area contributed by atoms with Crippen LogP contribution in [0.15, 0.2) is 46.6 Å². The van der Waals surface area contributed by atoms with Crippen molar-refractivity contribution in [1.29, 1.82) is 0 Å². The monoisotopic (exact) mass is 508 g/mol. The van der Waals surface area contributed by atoms with Crippen molar-refractivity contribution in [1.82, 2.24) is 9.80 Å². The lowest BCUT2D eigenvalue weighted by Crippen LogP contribution is -2.30. The second-order valence-corrected chi connectivity index (χ2v) is 8.19. The van der Waals surface area contributed by atoms with Crippen molar-refractivity contribution in [2.24, 2.45) is 0 Å². The van der Waals surface area contributed by atoms with Gasteiger partial charge in [-0.1, -0.05) is 29.8 Å². The Balaban J connectivity index is 1.92. The fraction of sp³-hybridized carbons (Fsp3) is 0.273. The Kier molecular flexibility index (Phi) is 7.39. The molecule has 1 heterocycles. The minimum absolute atomic E-state index is 0.113. The molecule has 0 N–H and O–H groups in total. The molecule has 1 saturated heterocycles. The summed E-state index contributed by atoms with van der Waals surface area (Å²) in [6, 6.07) is 11.3. The Bertz CT molecular complexity index is 1010. The molecule has 3 rings (SSSR count). The van der Waals surface area contributed by atoms with E-state index in [9.17, 15) is 4.79 Å². The van der Waals surface area contributed by atoms with E-state index in [1.165, 1.54) is 0 Å². The molecule has 158 valence electrons. The zero-order valence-corrected chi connectivity index (χ0v) is 20.1. The van der Waals surface area contributed by atoms with E-state index in [2.05, 4.69) is 15.9 Å². The van der Waals surface area contributed by atoms with Gasteiger partial charge in [0.05, 0.1) is 11.1 Å². The van der Waals surface area contributed by atoms with Crippen LogP contribution in [0.4, 0.5) is 0 Å². The van der Waals surface area contributed by atoms with Gasteiger partial charge in [-0.25, -0.2) is 0 Å². The molecule has 30 heavy (non-hydrogen) atoms. The number of ether oxygens (including phenoxy) is 2. The van der Waals surface area contributed by atoms with Gasteiger partial charge in [-0.3, -0.25) is 9.69 Å². The number of hydrogen-bond acceptors (Lipinski definition) is 4. The maximum Gasteiger partial charge on any atom is 0.276 e. The van der Waals surface area contributed by atoms with Crippen LogP contribution in [0.1, 0.15) is 25.0 Å². The van der Waals surface area contributed by atoms with E-state index in [-0.39, 0.29) is 5.91 Å². The smallest absolute Gasteiger partial charge is 0.276 e. The Labute approximate surface area is 195 Å². The quantitative estimate of drug-likeness (QED) is 0.364. The Morgan fingerprint density at radius 1 is 1.20 bits per heavy atom. The fourth-order valence-electron chi connectivity index (χ4n) is 3.09. The fourth-order valence-corrected chi connectivity index (χ4v) is 4.16. The molecule has 1 amide bonds. The summed E-state index contributed by atoms with van der Waals surface area (Å²) in [6.45, 7) is 5.11. The summed E-state index contributed by atoms with van der Waals surface area (Å²) in [5.74, 6) is 1.04. The molecule has 5 nitrogen and oxygen atoms in total. The highest BCUT2D eigenvalue weighted by Crippen LogP contribution is 2.38. The van der Waals surface area contributed by atoms with Crippen LogP contribution < -0.4 is 9.47 Å². The van der Waals surface area contributed by atoms with E-state index in [0.717, 1.165) is 15.6 Å². The standard InChI is InChI=1S/C22H22BrClN2O3S/c1-4-26-21(27)18(25(3)22(26)30)11-14-10-16(23)20(19(12-14)28-5-2)29-13-15-8-6-7-9-17(15)24/h6-12H,4-5,13H2,1-3H3/b18-11-. The first kappa shape index (κ1) is 22.6. The molecule has 0 unspecified atom stereocenters. The van der Waals surface area contributed by atoms with Crippen LogP contribution in [0.3, 0.4) is 0 Å². The summed E-state index contributed by atoms with van der Waals surface area (Å²) in [6.07, 6.45) is 1.80. The van der Waals surface area contributed by atoms with Crippen molar-refractivity contribution in [2.45, 2.75) is 20.5 Å². The molecule has 0 aliphatic carbocycles. The topological polar surface area (TPSA) is 42.0 Å². The molecular weight excluding hydrogens is 488 g/mol. The average Bonchev–Trinajstić information content (AvgIpc) is 2.91. The molecule has 2 aromatic carbocycles. The lowest BCUT2D eigenvalue weighted by molar-refractivity contribution is -0.122. The summed E-state index contributed by atoms with van der Waals surface area (Å²) < 4.78 is 12.5. The van der Waals surface area contributed by atoms with Crippen molar-refractivity contribution in [3.05, 3.63) is 62.7 Å². The molecule has 0 spiro atoms. The van der Waals surface area contributed by atoms with Gasteiger partial charge in [-0.2, -0.15) is 0 Å². The van der Waals surface area contributed by atoms with Gasteiger partial charge in [0.15, 0.2) is 16.6 Å².